The van der Waals surface area contributed by atoms with E-state index < -0.39 is 8.32 Å². The Morgan fingerprint density at radius 3 is 2.17 bits per heavy atom. The number of nitrogens with zero attached hydrogens (tertiary/aromatic N) is 1. The van der Waals surface area contributed by atoms with Gasteiger partial charge in [-0.1, -0.05) is 48.9 Å². The summed E-state index contributed by atoms with van der Waals surface area (Å²) in [5, 5.41) is 1.91. The van der Waals surface area contributed by atoms with Gasteiger partial charge in [-0.2, -0.15) is 0 Å². The predicted molar refractivity (Wildman–Crippen MR) is 99.8 cm³/mol. The summed E-state index contributed by atoms with van der Waals surface area (Å²) in [5.41, 5.74) is 0. The van der Waals surface area contributed by atoms with E-state index >= 15 is 0 Å². The Balaban J connectivity index is 1.76. The first-order valence-electron chi connectivity index (χ1n) is 8.95. The molecule has 0 bridgehead atoms. The summed E-state index contributed by atoms with van der Waals surface area (Å²) >= 11 is 0. The summed E-state index contributed by atoms with van der Waals surface area (Å²) in [5.74, 6) is -0.253. The molecular formula is C20H26FNOSi. The molecule has 1 unspecified atom stereocenters. The van der Waals surface area contributed by atoms with E-state index in [1.165, 1.54) is 44.5 Å². The van der Waals surface area contributed by atoms with E-state index in [1.807, 2.05) is 30.3 Å². The summed E-state index contributed by atoms with van der Waals surface area (Å²) in [4.78, 5) is 14.1. The zero-order valence-electron chi connectivity index (χ0n) is 14.1. The van der Waals surface area contributed by atoms with Crippen LogP contribution in [0.2, 0.25) is 6.04 Å². The third-order valence-corrected chi connectivity index (χ3v) is 8.69. The standard InChI is InChI=1S/C20H26FNOSi/c21-18-10-12-20(13-11-18)24(23,19-8-3-1-4-9-19)17-7-16-22-14-5-2-6-15-22/h1,3-4,8-13,23H,2,5-7,14-17H2. The van der Waals surface area contributed by atoms with Crippen molar-refractivity contribution >= 4 is 18.7 Å². The number of likely N-dealkylation sites (tertiary alicyclic amines) is 1. The Bertz CT molecular complexity index is 628. The molecule has 128 valence electrons. The average Bonchev–Trinajstić information content (AvgIpc) is 2.64. The molecule has 1 fully saturated rings. The second-order valence-electron chi connectivity index (χ2n) is 6.74. The van der Waals surface area contributed by atoms with Crippen LogP contribution in [0.25, 0.3) is 0 Å². The third-order valence-electron chi connectivity index (χ3n) is 5.03. The van der Waals surface area contributed by atoms with E-state index in [0.717, 1.165) is 29.4 Å². The smallest absolute Gasteiger partial charge is 0.252 e. The quantitative estimate of drug-likeness (QED) is 0.815. The van der Waals surface area contributed by atoms with Crippen molar-refractivity contribution in [3.8, 4) is 0 Å². The lowest BCUT2D eigenvalue weighted by atomic mass is 10.1. The lowest BCUT2D eigenvalue weighted by Gasteiger charge is -2.30. The molecule has 4 heteroatoms. The highest BCUT2D eigenvalue weighted by molar-refractivity contribution is 6.96. The summed E-state index contributed by atoms with van der Waals surface area (Å²) in [6.45, 7) is 3.41. The first kappa shape index (κ1) is 17.3. The van der Waals surface area contributed by atoms with Gasteiger partial charge in [0.05, 0.1) is 0 Å². The molecule has 1 heterocycles. The zero-order chi connectivity index (χ0) is 16.8. The molecule has 0 spiro atoms. The minimum Gasteiger partial charge on any atom is -0.424 e. The fraction of sp³-hybridized carbons (Fsp3) is 0.400. The number of piperidine rings is 1. The van der Waals surface area contributed by atoms with Crippen molar-refractivity contribution in [2.75, 3.05) is 19.6 Å². The van der Waals surface area contributed by atoms with Crippen LogP contribution < -0.4 is 10.4 Å². The van der Waals surface area contributed by atoms with Crippen LogP contribution in [0.1, 0.15) is 25.7 Å². The summed E-state index contributed by atoms with van der Waals surface area (Å²) in [7, 11) is -2.80. The van der Waals surface area contributed by atoms with Crippen molar-refractivity contribution in [1.82, 2.24) is 4.90 Å². The van der Waals surface area contributed by atoms with E-state index in [9.17, 15) is 9.19 Å². The van der Waals surface area contributed by atoms with Crippen LogP contribution in [0.5, 0.6) is 0 Å². The van der Waals surface area contributed by atoms with Crippen LogP contribution in [-0.2, 0) is 0 Å². The Morgan fingerprint density at radius 2 is 1.50 bits per heavy atom. The Hall–Kier alpha value is -1.49. The minimum atomic E-state index is -2.80. The molecule has 1 aliphatic rings. The molecular weight excluding hydrogens is 317 g/mol. The van der Waals surface area contributed by atoms with Gasteiger partial charge >= 0.3 is 0 Å². The molecule has 0 radical (unpaired) electrons. The van der Waals surface area contributed by atoms with Crippen LogP contribution >= 0.6 is 0 Å². The Morgan fingerprint density at radius 1 is 0.875 bits per heavy atom. The molecule has 0 amide bonds. The molecule has 24 heavy (non-hydrogen) atoms. The van der Waals surface area contributed by atoms with E-state index in [4.69, 9.17) is 0 Å². The lowest BCUT2D eigenvalue weighted by molar-refractivity contribution is 0.228. The second-order valence-corrected chi connectivity index (χ2v) is 10.1. The molecule has 2 aromatic rings. The monoisotopic (exact) mass is 343 g/mol. The molecule has 1 aliphatic heterocycles. The molecule has 2 nitrogen and oxygen atoms in total. The molecule has 2 aromatic carbocycles. The van der Waals surface area contributed by atoms with Gasteiger partial charge in [0, 0.05) is 0 Å². The van der Waals surface area contributed by atoms with Gasteiger partial charge in [-0.3, -0.25) is 0 Å². The van der Waals surface area contributed by atoms with Gasteiger partial charge in [0.1, 0.15) is 5.82 Å². The van der Waals surface area contributed by atoms with Crippen LogP contribution in [0.15, 0.2) is 54.6 Å². The van der Waals surface area contributed by atoms with E-state index in [1.54, 1.807) is 12.1 Å². The highest BCUT2D eigenvalue weighted by Crippen LogP contribution is 2.14. The molecule has 1 saturated heterocycles. The first-order chi connectivity index (χ1) is 11.7. The van der Waals surface area contributed by atoms with Gasteiger partial charge in [0.15, 0.2) is 0 Å². The number of benzene rings is 2. The topological polar surface area (TPSA) is 23.5 Å². The first-order valence-corrected chi connectivity index (χ1v) is 11.1. The van der Waals surface area contributed by atoms with Crippen molar-refractivity contribution in [3.05, 3.63) is 60.4 Å². The minimum absolute atomic E-state index is 0.253. The van der Waals surface area contributed by atoms with Gasteiger partial charge in [0.25, 0.3) is 8.32 Å². The molecule has 0 saturated carbocycles. The summed E-state index contributed by atoms with van der Waals surface area (Å²) in [6.07, 6.45) is 4.90. The van der Waals surface area contributed by atoms with Crippen LogP contribution in [0, 0.1) is 5.82 Å². The van der Waals surface area contributed by atoms with Gasteiger partial charge in [-0.05, 0) is 67.4 Å². The van der Waals surface area contributed by atoms with Crippen LogP contribution in [0.4, 0.5) is 4.39 Å². The van der Waals surface area contributed by atoms with Crippen molar-refractivity contribution in [3.63, 3.8) is 0 Å². The fourth-order valence-corrected chi connectivity index (χ4v) is 6.68. The molecule has 1 atom stereocenters. The number of halogens is 1. The number of rotatable bonds is 6. The SMILES string of the molecule is O[Si](CCCN1CCCCC1)(c1ccccc1)c1ccc(F)cc1. The van der Waals surface area contributed by atoms with E-state index in [-0.39, 0.29) is 5.82 Å². The van der Waals surface area contributed by atoms with Crippen molar-refractivity contribution in [1.29, 1.82) is 0 Å². The van der Waals surface area contributed by atoms with Crippen molar-refractivity contribution < 1.29 is 9.19 Å². The summed E-state index contributed by atoms with van der Waals surface area (Å²) < 4.78 is 13.3. The fourth-order valence-electron chi connectivity index (χ4n) is 3.64. The van der Waals surface area contributed by atoms with Crippen molar-refractivity contribution in [2.24, 2.45) is 0 Å². The third kappa shape index (κ3) is 4.12. The highest BCUT2D eigenvalue weighted by atomic mass is 28.4. The van der Waals surface area contributed by atoms with Crippen LogP contribution in [0.3, 0.4) is 0 Å². The molecule has 1 N–H and O–H groups in total. The van der Waals surface area contributed by atoms with E-state index in [2.05, 4.69) is 4.90 Å². The van der Waals surface area contributed by atoms with Gasteiger partial charge < -0.3 is 9.70 Å². The molecule has 3 rings (SSSR count). The van der Waals surface area contributed by atoms with E-state index in [0.29, 0.717) is 0 Å². The van der Waals surface area contributed by atoms with Crippen molar-refractivity contribution in [2.45, 2.75) is 31.7 Å². The normalized spacial score (nSPS) is 18.2. The maximum atomic E-state index is 13.3. The second kappa shape index (κ2) is 8.06. The molecule has 0 aliphatic carbocycles. The average molecular weight is 344 g/mol. The van der Waals surface area contributed by atoms with Gasteiger partial charge in [0.2, 0.25) is 0 Å². The predicted octanol–water partition coefficient (Wildman–Crippen LogP) is 2.75. The zero-order valence-corrected chi connectivity index (χ0v) is 15.1. The molecule has 0 aromatic heterocycles. The summed E-state index contributed by atoms with van der Waals surface area (Å²) in [6, 6.07) is 17.2. The highest BCUT2D eigenvalue weighted by Gasteiger charge is 2.35. The van der Waals surface area contributed by atoms with Crippen LogP contribution in [-0.4, -0.2) is 37.6 Å². The number of hydrogen-bond acceptors (Lipinski definition) is 2. The largest absolute Gasteiger partial charge is 0.424 e. The van der Waals surface area contributed by atoms with Gasteiger partial charge in [-0.15, -0.1) is 0 Å². The maximum absolute atomic E-state index is 13.3. The Labute approximate surface area is 145 Å². The van der Waals surface area contributed by atoms with Gasteiger partial charge in [-0.25, -0.2) is 4.39 Å². The maximum Gasteiger partial charge on any atom is 0.252 e. The lowest BCUT2D eigenvalue weighted by Crippen LogP contribution is -2.58. The Kier molecular flexibility index (Phi) is 5.82. The number of hydrogen-bond donors (Lipinski definition) is 1.